The third-order valence-electron chi connectivity index (χ3n) is 3.20. The van der Waals surface area contributed by atoms with Gasteiger partial charge < -0.3 is 16.8 Å². The third kappa shape index (κ3) is 3.11. The lowest BCUT2D eigenvalue weighted by Gasteiger charge is -2.23. The summed E-state index contributed by atoms with van der Waals surface area (Å²) in [7, 11) is 0. The minimum Gasteiger partial charge on any atom is -0.399 e. The maximum atomic E-state index is 12.2. The van der Waals surface area contributed by atoms with Crippen LogP contribution in [0.1, 0.15) is 29.1 Å². The van der Waals surface area contributed by atoms with Crippen molar-refractivity contribution in [3.8, 4) is 0 Å². The lowest BCUT2D eigenvalue weighted by molar-refractivity contribution is 0.0947. The van der Waals surface area contributed by atoms with Crippen LogP contribution >= 0.6 is 11.3 Å². The van der Waals surface area contributed by atoms with E-state index in [1.165, 1.54) is 4.88 Å². The van der Waals surface area contributed by atoms with Gasteiger partial charge in [-0.2, -0.15) is 0 Å². The van der Waals surface area contributed by atoms with Crippen molar-refractivity contribution in [2.45, 2.75) is 19.3 Å². The molecule has 2 rings (SSSR count). The van der Waals surface area contributed by atoms with Crippen molar-refractivity contribution in [2.24, 2.45) is 0 Å². The molecule has 0 atom stereocenters. The Morgan fingerprint density at radius 3 is 2.65 bits per heavy atom. The summed E-state index contributed by atoms with van der Waals surface area (Å²) in [6.45, 7) is 4.76. The highest BCUT2D eigenvalue weighted by atomic mass is 32.1. The predicted molar refractivity (Wildman–Crippen MR) is 84.9 cm³/mol. The molecule has 0 saturated carbocycles. The second-order valence-electron chi connectivity index (χ2n) is 5.39. The van der Waals surface area contributed by atoms with Crippen LogP contribution in [0.3, 0.4) is 0 Å². The zero-order chi connectivity index (χ0) is 14.8. The number of anilines is 2. The number of benzene rings is 1. The Morgan fingerprint density at radius 2 is 2.05 bits per heavy atom. The van der Waals surface area contributed by atoms with E-state index in [-0.39, 0.29) is 11.3 Å². The average molecular weight is 289 g/mol. The quantitative estimate of drug-likeness (QED) is 0.757. The van der Waals surface area contributed by atoms with Crippen LogP contribution in [0.15, 0.2) is 35.7 Å². The van der Waals surface area contributed by atoms with Crippen LogP contribution < -0.4 is 16.8 Å². The van der Waals surface area contributed by atoms with Gasteiger partial charge >= 0.3 is 0 Å². The molecule has 0 radical (unpaired) electrons. The van der Waals surface area contributed by atoms with Crippen LogP contribution in [0.4, 0.5) is 11.4 Å². The molecule has 0 spiro atoms. The number of hydrogen-bond acceptors (Lipinski definition) is 4. The fourth-order valence-electron chi connectivity index (χ4n) is 1.94. The maximum Gasteiger partial charge on any atom is 0.253 e. The number of carbonyl (C=O) groups is 1. The van der Waals surface area contributed by atoms with E-state index in [2.05, 4.69) is 25.2 Å². The fourth-order valence-corrected chi connectivity index (χ4v) is 2.79. The van der Waals surface area contributed by atoms with Crippen molar-refractivity contribution in [2.75, 3.05) is 18.0 Å². The molecule has 0 bridgehead atoms. The van der Waals surface area contributed by atoms with E-state index in [4.69, 9.17) is 11.5 Å². The largest absolute Gasteiger partial charge is 0.399 e. The van der Waals surface area contributed by atoms with Crippen molar-refractivity contribution in [1.82, 2.24) is 5.32 Å². The molecule has 2 aromatic rings. The summed E-state index contributed by atoms with van der Waals surface area (Å²) in [5, 5.41) is 4.97. The molecule has 1 heterocycles. The number of thiophene rings is 1. The summed E-state index contributed by atoms with van der Waals surface area (Å²) in [5.41, 5.74) is 12.7. The Kier molecular flexibility index (Phi) is 3.99. The van der Waals surface area contributed by atoms with E-state index in [0.29, 0.717) is 23.5 Å². The number of nitrogens with two attached hydrogens (primary N) is 2. The van der Waals surface area contributed by atoms with Gasteiger partial charge in [0.15, 0.2) is 0 Å². The van der Waals surface area contributed by atoms with Crippen LogP contribution in [0.25, 0.3) is 0 Å². The van der Waals surface area contributed by atoms with Crippen LogP contribution in [0.2, 0.25) is 0 Å². The normalized spacial score (nSPS) is 11.3. The van der Waals surface area contributed by atoms with Gasteiger partial charge in [0.1, 0.15) is 0 Å². The molecular formula is C15H19N3OS. The summed E-state index contributed by atoms with van der Waals surface area (Å²) in [4.78, 5) is 13.4. The van der Waals surface area contributed by atoms with E-state index < -0.39 is 0 Å². The van der Waals surface area contributed by atoms with E-state index in [1.807, 2.05) is 11.4 Å². The van der Waals surface area contributed by atoms with Crippen molar-refractivity contribution in [3.63, 3.8) is 0 Å². The lowest BCUT2D eigenvalue weighted by Crippen LogP contribution is -2.36. The monoisotopic (exact) mass is 289 g/mol. The molecule has 0 unspecified atom stereocenters. The first-order valence-corrected chi connectivity index (χ1v) is 7.25. The van der Waals surface area contributed by atoms with E-state index in [0.717, 1.165) is 0 Å². The number of nitrogen functional groups attached to an aromatic ring is 2. The van der Waals surface area contributed by atoms with Gasteiger partial charge in [0, 0.05) is 28.2 Å². The summed E-state index contributed by atoms with van der Waals surface area (Å²) in [6, 6.07) is 9.02. The van der Waals surface area contributed by atoms with Crippen molar-refractivity contribution in [1.29, 1.82) is 0 Å². The second-order valence-corrected chi connectivity index (χ2v) is 6.34. The number of hydrogen-bond donors (Lipinski definition) is 3. The van der Waals surface area contributed by atoms with E-state index >= 15 is 0 Å². The van der Waals surface area contributed by atoms with Gasteiger partial charge in [-0.1, -0.05) is 19.9 Å². The Balaban J connectivity index is 2.05. The fraction of sp³-hybridized carbons (Fsp3) is 0.267. The smallest absolute Gasteiger partial charge is 0.253 e. The first-order valence-electron chi connectivity index (χ1n) is 6.37. The first-order chi connectivity index (χ1) is 9.40. The topological polar surface area (TPSA) is 81.1 Å². The lowest BCUT2D eigenvalue weighted by atomic mass is 9.91. The first kappa shape index (κ1) is 14.4. The molecule has 1 aromatic carbocycles. The Morgan fingerprint density at radius 1 is 1.30 bits per heavy atom. The summed E-state index contributed by atoms with van der Waals surface area (Å²) >= 11 is 1.69. The number of carbonyl (C=O) groups excluding carboxylic acids is 1. The summed E-state index contributed by atoms with van der Waals surface area (Å²) in [5.74, 6) is -0.174. The number of nitrogens with one attached hydrogen (secondary N) is 1. The van der Waals surface area contributed by atoms with Gasteiger partial charge in [-0.3, -0.25) is 4.79 Å². The Bertz CT molecular complexity index is 606. The standard InChI is InChI=1S/C15H19N3OS/c1-15(2,13-4-3-7-20-13)9-18-14(19)11-6-5-10(16)8-12(11)17/h3-8H,9,16-17H2,1-2H3,(H,18,19). The molecule has 1 aromatic heterocycles. The van der Waals surface area contributed by atoms with E-state index in [1.54, 1.807) is 29.5 Å². The van der Waals surface area contributed by atoms with E-state index in [9.17, 15) is 4.79 Å². The van der Waals surface area contributed by atoms with Gasteiger partial charge in [-0.25, -0.2) is 0 Å². The minimum atomic E-state index is -0.174. The molecule has 0 fully saturated rings. The molecule has 0 aliphatic heterocycles. The van der Waals surface area contributed by atoms with Crippen LogP contribution in [-0.2, 0) is 5.41 Å². The third-order valence-corrected chi connectivity index (χ3v) is 4.44. The zero-order valence-electron chi connectivity index (χ0n) is 11.6. The van der Waals surface area contributed by atoms with Crippen molar-refractivity contribution < 1.29 is 4.79 Å². The predicted octanol–water partition coefficient (Wildman–Crippen LogP) is 2.62. The maximum absolute atomic E-state index is 12.2. The van der Waals surface area contributed by atoms with Crippen molar-refractivity contribution >= 4 is 28.6 Å². The molecule has 0 saturated heterocycles. The average Bonchev–Trinajstić information content (AvgIpc) is 2.90. The molecule has 106 valence electrons. The van der Waals surface area contributed by atoms with Crippen LogP contribution in [0, 0.1) is 0 Å². The highest BCUT2D eigenvalue weighted by Crippen LogP contribution is 2.26. The molecule has 5 N–H and O–H groups in total. The second kappa shape index (κ2) is 5.54. The molecule has 4 nitrogen and oxygen atoms in total. The number of rotatable bonds is 4. The van der Waals surface area contributed by atoms with Crippen LogP contribution in [0.5, 0.6) is 0 Å². The zero-order valence-corrected chi connectivity index (χ0v) is 12.5. The minimum absolute atomic E-state index is 0.105. The Labute approximate surface area is 122 Å². The van der Waals surface area contributed by atoms with Gasteiger partial charge in [0.25, 0.3) is 5.91 Å². The highest BCUT2D eigenvalue weighted by molar-refractivity contribution is 7.10. The van der Waals surface area contributed by atoms with Crippen LogP contribution in [-0.4, -0.2) is 12.5 Å². The highest BCUT2D eigenvalue weighted by Gasteiger charge is 2.23. The van der Waals surface area contributed by atoms with Gasteiger partial charge in [0.05, 0.1) is 5.56 Å². The van der Waals surface area contributed by atoms with Gasteiger partial charge in [-0.15, -0.1) is 11.3 Å². The number of amides is 1. The molecule has 5 heteroatoms. The molecular weight excluding hydrogens is 270 g/mol. The summed E-state index contributed by atoms with van der Waals surface area (Å²) in [6.07, 6.45) is 0. The molecule has 0 aliphatic carbocycles. The van der Waals surface area contributed by atoms with Crippen molar-refractivity contribution in [3.05, 3.63) is 46.2 Å². The summed E-state index contributed by atoms with van der Waals surface area (Å²) < 4.78 is 0. The van der Waals surface area contributed by atoms with Gasteiger partial charge in [0.2, 0.25) is 0 Å². The molecule has 0 aliphatic rings. The van der Waals surface area contributed by atoms with Gasteiger partial charge in [-0.05, 0) is 29.6 Å². The molecule has 1 amide bonds. The Hall–Kier alpha value is -2.01. The molecule has 20 heavy (non-hydrogen) atoms. The SMILES string of the molecule is CC(C)(CNC(=O)c1ccc(N)cc1N)c1cccs1.